The van der Waals surface area contributed by atoms with Crippen LogP contribution in [0.5, 0.6) is 11.5 Å². The molecule has 6 heteroatoms. The largest absolute Gasteiger partial charge is 0.478 e. The molecule has 0 bridgehead atoms. The van der Waals surface area contributed by atoms with Crippen LogP contribution >= 0.6 is 23.2 Å². The second kappa shape index (κ2) is 5.38. The highest BCUT2D eigenvalue weighted by Gasteiger charge is 2.14. The molecule has 0 radical (unpaired) electrons. The monoisotopic (exact) mass is 297 g/mol. The van der Waals surface area contributed by atoms with Gasteiger partial charge in [0.1, 0.15) is 5.75 Å². The first-order valence-electron chi connectivity index (χ1n) is 5.23. The predicted molar refractivity (Wildman–Crippen MR) is 74.3 cm³/mol. The first kappa shape index (κ1) is 13.5. The summed E-state index contributed by atoms with van der Waals surface area (Å²) < 4.78 is 5.51. The molecule has 2 aromatic carbocycles. The van der Waals surface area contributed by atoms with E-state index in [0.717, 1.165) is 0 Å². The summed E-state index contributed by atoms with van der Waals surface area (Å²) >= 11 is 11.8. The number of aromatic carboxylic acids is 1. The topological polar surface area (TPSA) is 72.5 Å². The summed E-state index contributed by atoms with van der Waals surface area (Å²) in [6, 6.07) is 9.21. The van der Waals surface area contributed by atoms with E-state index in [-0.39, 0.29) is 16.3 Å². The molecule has 2 rings (SSSR count). The van der Waals surface area contributed by atoms with Crippen molar-refractivity contribution in [3.63, 3.8) is 0 Å². The van der Waals surface area contributed by atoms with Crippen LogP contribution in [0, 0.1) is 0 Å². The Morgan fingerprint density at radius 2 is 1.89 bits per heavy atom. The third kappa shape index (κ3) is 2.92. The van der Waals surface area contributed by atoms with Gasteiger partial charge in [-0.15, -0.1) is 0 Å². The SMILES string of the molecule is Nc1ccc(Cl)cc1Oc1cccc(C(=O)O)c1Cl. The van der Waals surface area contributed by atoms with Gasteiger partial charge in [-0.25, -0.2) is 4.79 Å². The van der Waals surface area contributed by atoms with Crippen molar-refractivity contribution in [3.8, 4) is 11.5 Å². The number of hydrogen-bond acceptors (Lipinski definition) is 3. The van der Waals surface area contributed by atoms with Gasteiger partial charge in [0.15, 0.2) is 5.75 Å². The summed E-state index contributed by atoms with van der Waals surface area (Å²) in [5.41, 5.74) is 6.08. The summed E-state index contributed by atoms with van der Waals surface area (Å²) in [6.07, 6.45) is 0. The van der Waals surface area contributed by atoms with Crippen LogP contribution < -0.4 is 10.5 Å². The van der Waals surface area contributed by atoms with Gasteiger partial charge < -0.3 is 15.6 Å². The van der Waals surface area contributed by atoms with E-state index in [0.29, 0.717) is 16.5 Å². The lowest BCUT2D eigenvalue weighted by atomic mass is 10.2. The van der Waals surface area contributed by atoms with E-state index in [1.807, 2.05) is 0 Å². The van der Waals surface area contributed by atoms with Crippen molar-refractivity contribution in [2.24, 2.45) is 0 Å². The molecule has 0 heterocycles. The lowest BCUT2D eigenvalue weighted by Crippen LogP contribution is -1.99. The molecule has 0 aromatic heterocycles. The fourth-order valence-corrected chi connectivity index (χ4v) is 1.88. The summed E-state index contributed by atoms with van der Waals surface area (Å²) in [5, 5.41) is 9.43. The number of anilines is 1. The van der Waals surface area contributed by atoms with Crippen LogP contribution in [-0.2, 0) is 0 Å². The van der Waals surface area contributed by atoms with Gasteiger partial charge in [-0.3, -0.25) is 0 Å². The van der Waals surface area contributed by atoms with Crippen LogP contribution in [0.1, 0.15) is 10.4 Å². The molecule has 0 atom stereocenters. The third-order valence-electron chi connectivity index (χ3n) is 2.39. The number of halogens is 2. The molecule has 4 nitrogen and oxygen atoms in total. The van der Waals surface area contributed by atoms with E-state index in [1.54, 1.807) is 18.2 Å². The molecule has 0 saturated carbocycles. The molecule has 0 aliphatic heterocycles. The Labute approximate surface area is 119 Å². The first-order chi connectivity index (χ1) is 8.99. The zero-order valence-electron chi connectivity index (χ0n) is 9.56. The molecule has 98 valence electrons. The molecule has 0 spiro atoms. The lowest BCUT2D eigenvalue weighted by Gasteiger charge is -2.11. The molecule has 0 fully saturated rings. The average Bonchev–Trinajstić information content (AvgIpc) is 2.36. The fraction of sp³-hybridized carbons (Fsp3) is 0. The maximum Gasteiger partial charge on any atom is 0.337 e. The van der Waals surface area contributed by atoms with E-state index >= 15 is 0 Å². The van der Waals surface area contributed by atoms with Gasteiger partial charge in [-0.2, -0.15) is 0 Å². The van der Waals surface area contributed by atoms with E-state index in [1.165, 1.54) is 18.2 Å². The number of carboxylic acid groups (broad SMARTS) is 1. The highest BCUT2D eigenvalue weighted by Crippen LogP contribution is 2.35. The first-order valence-corrected chi connectivity index (χ1v) is 5.99. The van der Waals surface area contributed by atoms with E-state index in [9.17, 15) is 4.79 Å². The van der Waals surface area contributed by atoms with Gasteiger partial charge in [-0.1, -0.05) is 29.3 Å². The molecule has 0 unspecified atom stereocenters. The zero-order valence-corrected chi connectivity index (χ0v) is 11.1. The molecule has 0 aliphatic carbocycles. The minimum atomic E-state index is -1.13. The molecular formula is C13H9Cl2NO3. The summed E-state index contributed by atoms with van der Waals surface area (Å²) in [6.45, 7) is 0. The van der Waals surface area contributed by atoms with Crippen LogP contribution in [0.15, 0.2) is 36.4 Å². The van der Waals surface area contributed by atoms with Gasteiger partial charge in [-0.05, 0) is 24.3 Å². The molecule has 0 amide bonds. The van der Waals surface area contributed by atoms with Gasteiger partial charge in [0.05, 0.1) is 16.3 Å². The Balaban J connectivity index is 2.41. The average molecular weight is 298 g/mol. The second-order valence-electron chi connectivity index (χ2n) is 3.71. The van der Waals surface area contributed by atoms with E-state index in [4.69, 9.17) is 38.8 Å². The Bertz CT molecular complexity index is 644. The Hall–Kier alpha value is -1.91. The van der Waals surface area contributed by atoms with Crippen LogP contribution in [0.25, 0.3) is 0 Å². The number of ether oxygens (including phenoxy) is 1. The van der Waals surface area contributed by atoms with Crippen LogP contribution in [-0.4, -0.2) is 11.1 Å². The summed E-state index contributed by atoms with van der Waals surface area (Å²) in [7, 11) is 0. The Morgan fingerprint density at radius 1 is 1.16 bits per heavy atom. The third-order valence-corrected chi connectivity index (χ3v) is 3.01. The number of carbonyl (C=O) groups is 1. The van der Waals surface area contributed by atoms with E-state index < -0.39 is 5.97 Å². The van der Waals surface area contributed by atoms with Gasteiger partial charge in [0.25, 0.3) is 0 Å². The van der Waals surface area contributed by atoms with Crippen molar-refractivity contribution in [2.75, 3.05) is 5.73 Å². The lowest BCUT2D eigenvalue weighted by molar-refractivity contribution is 0.0696. The molecule has 2 aromatic rings. The Kier molecular flexibility index (Phi) is 3.83. The van der Waals surface area contributed by atoms with Crippen molar-refractivity contribution < 1.29 is 14.6 Å². The van der Waals surface area contributed by atoms with Crippen molar-refractivity contribution in [2.45, 2.75) is 0 Å². The predicted octanol–water partition coefficient (Wildman–Crippen LogP) is 4.07. The van der Waals surface area contributed by atoms with Crippen LogP contribution in [0.3, 0.4) is 0 Å². The highest BCUT2D eigenvalue weighted by molar-refractivity contribution is 6.35. The molecule has 0 aliphatic rings. The van der Waals surface area contributed by atoms with Crippen molar-refractivity contribution in [3.05, 3.63) is 52.0 Å². The second-order valence-corrected chi connectivity index (χ2v) is 4.52. The van der Waals surface area contributed by atoms with Crippen molar-refractivity contribution in [1.29, 1.82) is 0 Å². The van der Waals surface area contributed by atoms with Gasteiger partial charge >= 0.3 is 5.97 Å². The van der Waals surface area contributed by atoms with Gasteiger partial charge in [0, 0.05) is 11.1 Å². The number of nitrogen functional groups attached to an aromatic ring is 1. The van der Waals surface area contributed by atoms with Crippen molar-refractivity contribution >= 4 is 34.9 Å². The number of rotatable bonds is 3. The number of hydrogen-bond donors (Lipinski definition) is 2. The Morgan fingerprint density at radius 3 is 2.58 bits per heavy atom. The smallest absolute Gasteiger partial charge is 0.337 e. The van der Waals surface area contributed by atoms with Crippen LogP contribution in [0.2, 0.25) is 10.0 Å². The number of nitrogens with two attached hydrogens (primary N) is 1. The van der Waals surface area contributed by atoms with E-state index in [2.05, 4.69) is 0 Å². The minimum absolute atomic E-state index is 0.00868. The molecule has 19 heavy (non-hydrogen) atoms. The molecule has 0 saturated heterocycles. The number of carboxylic acids is 1. The minimum Gasteiger partial charge on any atom is -0.478 e. The van der Waals surface area contributed by atoms with Crippen LogP contribution in [0.4, 0.5) is 5.69 Å². The summed E-state index contributed by atoms with van der Waals surface area (Å²) in [4.78, 5) is 11.0. The highest BCUT2D eigenvalue weighted by atomic mass is 35.5. The molecular weight excluding hydrogens is 289 g/mol. The maximum atomic E-state index is 11.0. The zero-order chi connectivity index (χ0) is 14.0. The number of benzene rings is 2. The van der Waals surface area contributed by atoms with Gasteiger partial charge in [0.2, 0.25) is 0 Å². The van der Waals surface area contributed by atoms with Crippen molar-refractivity contribution in [1.82, 2.24) is 0 Å². The quantitative estimate of drug-likeness (QED) is 0.838. The summed E-state index contributed by atoms with van der Waals surface area (Å²) in [5.74, 6) is -0.609. The normalized spacial score (nSPS) is 10.2. The fourth-order valence-electron chi connectivity index (χ4n) is 1.47. The molecule has 3 N–H and O–H groups in total. The maximum absolute atomic E-state index is 11.0. The standard InChI is InChI=1S/C13H9Cl2NO3/c14-7-4-5-9(16)11(6-7)19-10-3-1-2-8(12(10)15)13(17)18/h1-6H,16H2,(H,17,18).